The third kappa shape index (κ3) is 2.97. The minimum atomic E-state index is -2.94. The number of halogens is 2. The standard InChI is InChI=1S/C20H16F2N6O2/c21-20(22)11-27(10-14(20)12-4-2-1-3-5-12)16-8-15(26-28-7-6-23-17(16)28)13-9-24-19(30)25-18(13)29/h1-9,14H,10-11H2,(H2,24,25,29,30). The number of aromatic amines is 2. The van der Waals surface area contributed by atoms with Gasteiger partial charge in [-0.3, -0.25) is 9.78 Å². The molecule has 4 heterocycles. The van der Waals surface area contributed by atoms with Crippen molar-refractivity contribution in [1.29, 1.82) is 0 Å². The van der Waals surface area contributed by atoms with Crippen LogP contribution >= 0.6 is 0 Å². The van der Waals surface area contributed by atoms with Gasteiger partial charge in [0.1, 0.15) is 5.69 Å². The van der Waals surface area contributed by atoms with Crippen LogP contribution in [0.3, 0.4) is 0 Å². The van der Waals surface area contributed by atoms with E-state index >= 15 is 0 Å². The number of anilines is 1. The number of nitrogens with zero attached hydrogens (tertiary/aromatic N) is 4. The molecule has 4 aromatic rings. The molecule has 1 aliphatic heterocycles. The minimum absolute atomic E-state index is 0.0883. The number of rotatable bonds is 3. The average Bonchev–Trinajstić information content (AvgIpc) is 3.31. The van der Waals surface area contributed by atoms with Gasteiger partial charge in [-0.1, -0.05) is 30.3 Å². The van der Waals surface area contributed by atoms with E-state index in [4.69, 9.17) is 0 Å². The Kier molecular flexibility index (Phi) is 4.02. The van der Waals surface area contributed by atoms with Gasteiger partial charge in [0.25, 0.3) is 11.5 Å². The molecule has 2 N–H and O–H groups in total. The van der Waals surface area contributed by atoms with Gasteiger partial charge in [0.05, 0.1) is 23.7 Å². The molecular weight excluding hydrogens is 394 g/mol. The highest BCUT2D eigenvalue weighted by molar-refractivity contribution is 5.75. The van der Waals surface area contributed by atoms with E-state index in [0.29, 0.717) is 16.9 Å². The van der Waals surface area contributed by atoms with E-state index in [-0.39, 0.29) is 17.8 Å². The van der Waals surface area contributed by atoms with Crippen LogP contribution < -0.4 is 16.1 Å². The van der Waals surface area contributed by atoms with Crippen molar-refractivity contribution in [2.24, 2.45) is 0 Å². The molecule has 1 fully saturated rings. The normalized spacial score (nSPS) is 18.2. The van der Waals surface area contributed by atoms with Crippen LogP contribution in [-0.2, 0) is 0 Å². The predicted octanol–water partition coefficient (Wildman–Crippen LogP) is 2.01. The summed E-state index contributed by atoms with van der Waals surface area (Å²) in [6.45, 7) is -0.397. The number of alkyl halides is 2. The molecule has 30 heavy (non-hydrogen) atoms. The van der Waals surface area contributed by atoms with Crippen LogP contribution in [0.4, 0.5) is 14.5 Å². The number of hydrogen-bond donors (Lipinski definition) is 2. The van der Waals surface area contributed by atoms with Crippen LogP contribution in [0.25, 0.3) is 16.9 Å². The molecule has 10 heteroatoms. The van der Waals surface area contributed by atoms with Crippen molar-refractivity contribution in [3.05, 3.63) is 81.4 Å². The monoisotopic (exact) mass is 410 g/mol. The van der Waals surface area contributed by atoms with Crippen LogP contribution in [0.5, 0.6) is 0 Å². The van der Waals surface area contributed by atoms with Gasteiger partial charge in [0.15, 0.2) is 5.65 Å². The largest absolute Gasteiger partial charge is 0.362 e. The van der Waals surface area contributed by atoms with E-state index in [1.54, 1.807) is 47.5 Å². The van der Waals surface area contributed by atoms with Gasteiger partial charge >= 0.3 is 5.69 Å². The first-order valence-corrected chi connectivity index (χ1v) is 9.27. The summed E-state index contributed by atoms with van der Waals surface area (Å²) in [5.41, 5.74) is 0.508. The van der Waals surface area contributed by atoms with Gasteiger partial charge in [-0.2, -0.15) is 5.10 Å². The van der Waals surface area contributed by atoms with Crippen LogP contribution in [0, 0.1) is 0 Å². The Morgan fingerprint density at radius 1 is 1.17 bits per heavy atom. The van der Waals surface area contributed by atoms with Crippen molar-refractivity contribution in [2.75, 3.05) is 18.0 Å². The molecule has 1 saturated heterocycles. The van der Waals surface area contributed by atoms with Gasteiger partial charge in [0, 0.05) is 25.1 Å². The molecule has 0 bridgehead atoms. The Morgan fingerprint density at radius 2 is 1.97 bits per heavy atom. The lowest BCUT2D eigenvalue weighted by Crippen LogP contribution is -2.27. The second kappa shape index (κ2) is 6.61. The van der Waals surface area contributed by atoms with E-state index < -0.39 is 29.6 Å². The van der Waals surface area contributed by atoms with E-state index in [2.05, 4.69) is 20.1 Å². The Balaban J connectivity index is 1.62. The highest BCUT2D eigenvalue weighted by Gasteiger charge is 2.49. The maximum atomic E-state index is 14.9. The Hall–Kier alpha value is -3.82. The van der Waals surface area contributed by atoms with Gasteiger partial charge in [-0.25, -0.2) is 23.1 Å². The summed E-state index contributed by atoms with van der Waals surface area (Å²) in [7, 11) is 0. The number of fused-ring (bicyclic) bond motifs is 1. The smallest absolute Gasteiger partial charge is 0.325 e. The summed E-state index contributed by atoms with van der Waals surface area (Å²) in [4.78, 5) is 33.9. The maximum absolute atomic E-state index is 14.9. The molecule has 1 unspecified atom stereocenters. The Morgan fingerprint density at radius 3 is 2.73 bits per heavy atom. The highest BCUT2D eigenvalue weighted by Crippen LogP contribution is 2.43. The van der Waals surface area contributed by atoms with Crippen LogP contribution in [-0.4, -0.2) is 43.6 Å². The topological polar surface area (TPSA) is 99.2 Å². The number of hydrogen-bond acceptors (Lipinski definition) is 5. The third-order valence-electron chi connectivity index (χ3n) is 5.29. The minimum Gasteiger partial charge on any atom is -0.362 e. The van der Waals surface area contributed by atoms with Gasteiger partial charge < -0.3 is 9.88 Å². The predicted molar refractivity (Wildman–Crippen MR) is 106 cm³/mol. The molecule has 152 valence electrons. The molecule has 0 saturated carbocycles. The van der Waals surface area contributed by atoms with Crippen molar-refractivity contribution < 1.29 is 8.78 Å². The first kappa shape index (κ1) is 18.2. The first-order valence-electron chi connectivity index (χ1n) is 9.27. The van der Waals surface area contributed by atoms with Crippen molar-refractivity contribution in [1.82, 2.24) is 24.6 Å². The zero-order valence-corrected chi connectivity index (χ0v) is 15.5. The number of aromatic nitrogens is 5. The van der Waals surface area contributed by atoms with E-state index in [9.17, 15) is 18.4 Å². The summed E-state index contributed by atoms with van der Waals surface area (Å²) in [6.07, 6.45) is 4.34. The molecule has 1 aromatic carbocycles. The Bertz CT molecular complexity index is 1340. The maximum Gasteiger partial charge on any atom is 0.325 e. The molecule has 1 atom stereocenters. The molecule has 3 aromatic heterocycles. The molecule has 0 spiro atoms. The summed E-state index contributed by atoms with van der Waals surface area (Å²) in [5, 5.41) is 4.34. The SMILES string of the molecule is O=c1[nH]cc(-c2cc(N3CC(c4ccccc4)C(F)(F)C3)c3nccn3n2)c(=O)[nH]1. The van der Waals surface area contributed by atoms with Crippen molar-refractivity contribution in [3.63, 3.8) is 0 Å². The summed E-state index contributed by atoms with van der Waals surface area (Å²) >= 11 is 0. The van der Waals surface area contributed by atoms with Gasteiger partial charge in [-0.05, 0) is 11.6 Å². The molecule has 0 radical (unpaired) electrons. The Labute approximate surface area is 167 Å². The number of imidazole rings is 1. The lowest BCUT2D eigenvalue weighted by Gasteiger charge is -2.19. The first-order chi connectivity index (χ1) is 14.4. The van der Waals surface area contributed by atoms with Crippen LogP contribution in [0.15, 0.2) is 64.6 Å². The van der Waals surface area contributed by atoms with Gasteiger partial charge in [0.2, 0.25) is 0 Å². The lowest BCUT2D eigenvalue weighted by atomic mass is 9.95. The quantitative estimate of drug-likeness (QED) is 0.538. The lowest BCUT2D eigenvalue weighted by molar-refractivity contribution is 0.00726. The zero-order chi connectivity index (χ0) is 20.9. The fraction of sp³-hybridized carbons (Fsp3) is 0.200. The van der Waals surface area contributed by atoms with E-state index in [1.807, 2.05) is 0 Å². The summed E-state index contributed by atoms with van der Waals surface area (Å²) in [6, 6.07) is 10.2. The summed E-state index contributed by atoms with van der Waals surface area (Å²) in [5.74, 6) is -3.91. The van der Waals surface area contributed by atoms with E-state index in [1.165, 1.54) is 16.9 Å². The molecule has 0 aliphatic carbocycles. The van der Waals surface area contributed by atoms with Crippen molar-refractivity contribution >= 4 is 11.3 Å². The third-order valence-corrected chi connectivity index (χ3v) is 5.29. The zero-order valence-electron chi connectivity index (χ0n) is 15.5. The van der Waals surface area contributed by atoms with Crippen molar-refractivity contribution in [3.8, 4) is 11.3 Å². The number of nitrogens with one attached hydrogen (secondary N) is 2. The fourth-order valence-electron chi connectivity index (χ4n) is 3.87. The fourth-order valence-corrected chi connectivity index (χ4v) is 3.87. The average molecular weight is 410 g/mol. The van der Waals surface area contributed by atoms with Crippen molar-refractivity contribution in [2.45, 2.75) is 11.8 Å². The van der Waals surface area contributed by atoms with Crippen LogP contribution in [0.1, 0.15) is 11.5 Å². The number of benzene rings is 1. The van der Waals surface area contributed by atoms with E-state index in [0.717, 1.165) is 0 Å². The van der Waals surface area contributed by atoms with Gasteiger partial charge in [-0.15, -0.1) is 0 Å². The summed E-state index contributed by atoms with van der Waals surface area (Å²) < 4.78 is 31.3. The second-order valence-corrected chi connectivity index (χ2v) is 7.20. The molecule has 8 nitrogen and oxygen atoms in total. The molecule has 1 aliphatic rings. The molecule has 0 amide bonds. The molecule has 5 rings (SSSR count). The highest BCUT2D eigenvalue weighted by atomic mass is 19.3. The van der Waals surface area contributed by atoms with Crippen LogP contribution in [0.2, 0.25) is 0 Å². The number of H-pyrrole nitrogens is 2. The molecular formula is C20H16F2N6O2. The second-order valence-electron chi connectivity index (χ2n) is 7.20.